The molecule has 1 atom stereocenters. The lowest BCUT2D eigenvalue weighted by molar-refractivity contribution is 0.168. The molecule has 0 amide bonds. The third-order valence-electron chi connectivity index (χ3n) is 2.65. The first-order valence-electron chi connectivity index (χ1n) is 4.94. The van der Waals surface area contributed by atoms with Crippen molar-refractivity contribution in [3.8, 4) is 11.5 Å². The lowest BCUT2D eigenvalue weighted by atomic mass is 10.00. The minimum Gasteiger partial charge on any atom is -0.493 e. The number of aliphatic hydroxyl groups excluding tert-OH is 1. The summed E-state index contributed by atoms with van der Waals surface area (Å²) >= 11 is 0. The maximum absolute atomic E-state index is 9.81. The normalized spacial score (nSPS) is 19.0. The molecule has 1 aromatic rings. The van der Waals surface area contributed by atoms with Gasteiger partial charge in [-0.2, -0.15) is 0 Å². The summed E-state index contributed by atoms with van der Waals surface area (Å²) in [7, 11) is 3.19. The zero-order chi connectivity index (χ0) is 10.8. The summed E-state index contributed by atoms with van der Waals surface area (Å²) < 4.78 is 10.4. The third kappa shape index (κ3) is 1.72. The average Bonchev–Trinajstić information content (AvgIpc) is 2.28. The quantitative estimate of drug-likeness (QED) is 0.776. The molecule has 1 aliphatic heterocycles. The Hall–Kier alpha value is -1.42. The molecule has 0 bridgehead atoms. The van der Waals surface area contributed by atoms with E-state index >= 15 is 0 Å². The van der Waals surface area contributed by atoms with Gasteiger partial charge >= 0.3 is 0 Å². The molecule has 4 nitrogen and oxygen atoms in total. The molecule has 15 heavy (non-hydrogen) atoms. The fourth-order valence-electron chi connectivity index (χ4n) is 1.82. The van der Waals surface area contributed by atoms with Crippen LogP contribution in [-0.2, 0) is 0 Å². The average molecular weight is 209 g/mol. The van der Waals surface area contributed by atoms with E-state index in [1.54, 1.807) is 14.2 Å². The highest BCUT2D eigenvalue weighted by molar-refractivity contribution is 5.62. The van der Waals surface area contributed by atoms with Gasteiger partial charge in [-0.05, 0) is 12.5 Å². The summed E-state index contributed by atoms with van der Waals surface area (Å²) in [6, 6.07) is 3.68. The first-order chi connectivity index (χ1) is 7.26. The Labute approximate surface area is 88.8 Å². The van der Waals surface area contributed by atoms with Crippen molar-refractivity contribution in [1.82, 2.24) is 0 Å². The van der Waals surface area contributed by atoms with Crippen molar-refractivity contribution in [2.24, 2.45) is 0 Å². The van der Waals surface area contributed by atoms with Gasteiger partial charge in [0, 0.05) is 23.9 Å². The van der Waals surface area contributed by atoms with Gasteiger partial charge in [0.05, 0.1) is 20.3 Å². The van der Waals surface area contributed by atoms with Crippen LogP contribution in [0.15, 0.2) is 12.1 Å². The van der Waals surface area contributed by atoms with E-state index in [0.717, 1.165) is 24.2 Å². The van der Waals surface area contributed by atoms with Gasteiger partial charge in [-0.1, -0.05) is 0 Å². The fraction of sp³-hybridized carbons (Fsp3) is 0.455. The molecule has 1 unspecified atom stereocenters. The number of hydrogen-bond donors (Lipinski definition) is 2. The van der Waals surface area contributed by atoms with Crippen molar-refractivity contribution < 1.29 is 14.6 Å². The molecular formula is C11H15NO3. The fourth-order valence-corrected chi connectivity index (χ4v) is 1.82. The van der Waals surface area contributed by atoms with Crippen molar-refractivity contribution in [2.45, 2.75) is 12.5 Å². The molecular weight excluding hydrogens is 194 g/mol. The monoisotopic (exact) mass is 209 g/mol. The second kappa shape index (κ2) is 3.98. The van der Waals surface area contributed by atoms with E-state index in [2.05, 4.69) is 5.32 Å². The predicted molar refractivity (Wildman–Crippen MR) is 57.6 cm³/mol. The van der Waals surface area contributed by atoms with Crippen LogP contribution in [0.4, 0.5) is 5.69 Å². The molecule has 1 aliphatic rings. The summed E-state index contributed by atoms with van der Waals surface area (Å²) in [5, 5.41) is 13.0. The molecule has 1 aromatic carbocycles. The molecule has 2 rings (SSSR count). The number of benzene rings is 1. The van der Waals surface area contributed by atoms with Crippen LogP contribution in [0.2, 0.25) is 0 Å². The molecule has 0 saturated heterocycles. The van der Waals surface area contributed by atoms with Gasteiger partial charge in [0.1, 0.15) is 0 Å². The van der Waals surface area contributed by atoms with Crippen LogP contribution in [0.5, 0.6) is 11.5 Å². The van der Waals surface area contributed by atoms with Crippen LogP contribution in [0.3, 0.4) is 0 Å². The third-order valence-corrected chi connectivity index (χ3v) is 2.65. The summed E-state index contributed by atoms with van der Waals surface area (Å²) in [5.74, 6) is 1.33. The maximum Gasteiger partial charge on any atom is 0.162 e. The second-order valence-electron chi connectivity index (χ2n) is 3.53. The highest BCUT2D eigenvalue weighted by Crippen LogP contribution is 2.38. The zero-order valence-corrected chi connectivity index (χ0v) is 8.91. The molecule has 2 N–H and O–H groups in total. The van der Waals surface area contributed by atoms with E-state index in [4.69, 9.17) is 9.47 Å². The van der Waals surface area contributed by atoms with E-state index in [-0.39, 0.29) is 0 Å². The molecule has 0 saturated carbocycles. The van der Waals surface area contributed by atoms with Crippen LogP contribution in [0, 0.1) is 0 Å². The Bertz CT molecular complexity index is 365. The van der Waals surface area contributed by atoms with Gasteiger partial charge in [-0.15, -0.1) is 0 Å². The number of fused-ring (bicyclic) bond motifs is 1. The first-order valence-corrected chi connectivity index (χ1v) is 4.94. The van der Waals surface area contributed by atoms with E-state index < -0.39 is 6.10 Å². The Morgan fingerprint density at radius 3 is 2.60 bits per heavy atom. The largest absolute Gasteiger partial charge is 0.493 e. The van der Waals surface area contributed by atoms with E-state index in [9.17, 15) is 5.11 Å². The Morgan fingerprint density at radius 1 is 1.27 bits per heavy atom. The van der Waals surface area contributed by atoms with Crippen LogP contribution in [0.1, 0.15) is 18.1 Å². The van der Waals surface area contributed by atoms with E-state index in [0.29, 0.717) is 11.5 Å². The van der Waals surface area contributed by atoms with Crippen LogP contribution >= 0.6 is 0 Å². The van der Waals surface area contributed by atoms with E-state index in [1.807, 2.05) is 12.1 Å². The molecule has 0 fully saturated rings. The Kier molecular flexibility index (Phi) is 2.68. The summed E-state index contributed by atoms with van der Waals surface area (Å²) in [6.45, 7) is 0.781. The first kappa shape index (κ1) is 10.1. The van der Waals surface area contributed by atoms with Crippen LogP contribution < -0.4 is 14.8 Å². The maximum atomic E-state index is 9.81. The number of anilines is 1. The summed E-state index contributed by atoms with van der Waals surface area (Å²) in [6.07, 6.45) is 0.309. The number of aliphatic hydroxyl groups is 1. The van der Waals surface area contributed by atoms with Crippen molar-refractivity contribution >= 4 is 5.69 Å². The SMILES string of the molecule is COc1cc2c(cc1OC)C(O)CCN2. The van der Waals surface area contributed by atoms with Gasteiger partial charge in [0.25, 0.3) is 0 Å². The van der Waals surface area contributed by atoms with Crippen molar-refractivity contribution in [2.75, 3.05) is 26.1 Å². The molecule has 1 heterocycles. The highest BCUT2D eigenvalue weighted by Gasteiger charge is 2.20. The number of ether oxygens (including phenoxy) is 2. The minimum atomic E-state index is -0.416. The van der Waals surface area contributed by atoms with E-state index in [1.165, 1.54) is 0 Å². The van der Waals surface area contributed by atoms with Crippen molar-refractivity contribution in [3.63, 3.8) is 0 Å². The summed E-state index contributed by atoms with van der Waals surface area (Å²) in [5.41, 5.74) is 1.80. The number of methoxy groups -OCH3 is 2. The molecule has 0 radical (unpaired) electrons. The lowest BCUT2D eigenvalue weighted by Crippen LogP contribution is -2.16. The van der Waals surface area contributed by atoms with Crippen molar-refractivity contribution in [1.29, 1.82) is 0 Å². The van der Waals surface area contributed by atoms with Crippen LogP contribution in [0.25, 0.3) is 0 Å². The topological polar surface area (TPSA) is 50.7 Å². The highest BCUT2D eigenvalue weighted by atomic mass is 16.5. The van der Waals surface area contributed by atoms with Gasteiger partial charge in [-0.3, -0.25) is 0 Å². The lowest BCUT2D eigenvalue weighted by Gasteiger charge is -2.24. The smallest absolute Gasteiger partial charge is 0.162 e. The Balaban J connectivity index is 2.48. The molecule has 0 aliphatic carbocycles. The Morgan fingerprint density at radius 2 is 1.93 bits per heavy atom. The molecule has 82 valence electrons. The predicted octanol–water partition coefficient (Wildman–Crippen LogP) is 1.55. The molecule has 0 spiro atoms. The number of nitrogens with one attached hydrogen (secondary N) is 1. The van der Waals surface area contributed by atoms with Gasteiger partial charge in [-0.25, -0.2) is 0 Å². The van der Waals surface area contributed by atoms with Crippen molar-refractivity contribution in [3.05, 3.63) is 17.7 Å². The summed E-state index contributed by atoms with van der Waals surface area (Å²) in [4.78, 5) is 0. The molecule has 4 heteroatoms. The number of hydrogen-bond acceptors (Lipinski definition) is 4. The number of rotatable bonds is 2. The van der Waals surface area contributed by atoms with Gasteiger partial charge in [0.15, 0.2) is 11.5 Å². The van der Waals surface area contributed by atoms with Gasteiger partial charge in [0.2, 0.25) is 0 Å². The standard InChI is InChI=1S/C11H15NO3/c1-14-10-5-7-8(6-11(10)15-2)12-4-3-9(7)13/h5-6,9,12-13H,3-4H2,1-2H3. The second-order valence-corrected chi connectivity index (χ2v) is 3.53. The van der Waals surface area contributed by atoms with Crippen LogP contribution in [-0.4, -0.2) is 25.9 Å². The van der Waals surface area contributed by atoms with Gasteiger partial charge < -0.3 is 19.9 Å². The zero-order valence-electron chi connectivity index (χ0n) is 8.91. The minimum absolute atomic E-state index is 0.416. The molecule has 0 aromatic heterocycles.